The maximum Gasteiger partial charge on any atom is 0.220 e. The summed E-state index contributed by atoms with van der Waals surface area (Å²) in [6.45, 7) is 0.437. The molecule has 1 unspecified atom stereocenters. The van der Waals surface area contributed by atoms with Crippen LogP contribution < -0.4 is 10.0 Å². The second-order valence-electron chi connectivity index (χ2n) is 6.13. The lowest BCUT2D eigenvalue weighted by atomic mass is 9.97. The zero-order valence-corrected chi connectivity index (χ0v) is 14.6. The van der Waals surface area contributed by atoms with Crippen molar-refractivity contribution in [3.8, 4) is 0 Å². The molecular weight excluding hydrogens is 336 g/mol. The van der Waals surface area contributed by atoms with Gasteiger partial charge in [-0.3, -0.25) is 14.3 Å². The Labute approximate surface area is 150 Å². The van der Waals surface area contributed by atoms with E-state index in [2.05, 4.69) is 16.1 Å². The van der Waals surface area contributed by atoms with Crippen LogP contribution in [-0.2, 0) is 20.9 Å². The van der Waals surface area contributed by atoms with Crippen molar-refractivity contribution in [3.05, 3.63) is 48.0 Å². The Bertz CT molecular complexity index is 793. The molecule has 1 aliphatic rings. The van der Waals surface area contributed by atoms with Crippen LogP contribution in [0.1, 0.15) is 18.4 Å². The molecule has 0 aliphatic carbocycles. The number of ketones is 1. The van der Waals surface area contributed by atoms with Gasteiger partial charge in [0.1, 0.15) is 6.29 Å². The fourth-order valence-corrected chi connectivity index (χ4v) is 3.92. The predicted molar refractivity (Wildman–Crippen MR) is 99.0 cm³/mol. The first-order valence-corrected chi connectivity index (χ1v) is 9.25. The summed E-state index contributed by atoms with van der Waals surface area (Å²) in [5.74, 6) is 0.0737. The molecule has 1 saturated heterocycles. The van der Waals surface area contributed by atoms with E-state index in [9.17, 15) is 14.4 Å². The SMILES string of the molecule is O=C[C@@H]1CSNC1C(=O)CCC(=O)NCc1ccc2ccccc2c1. The molecule has 25 heavy (non-hydrogen) atoms. The van der Waals surface area contributed by atoms with Gasteiger partial charge in [0.05, 0.1) is 6.04 Å². The van der Waals surface area contributed by atoms with E-state index < -0.39 is 6.04 Å². The Balaban J connectivity index is 1.47. The van der Waals surface area contributed by atoms with Gasteiger partial charge in [-0.1, -0.05) is 48.3 Å². The second kappa shape index (κ2) is 8.27. The van der Waals surface area contributed by atoms with E-state index >= 15 is 0 Å². The Morgan fingerprint density at radius 2 is 1.96 bits per heavy atom. The van der Waals surface area contributed by atoms with Gasteiger partial charge in [-0.05, 0) is 22.4 Å². The van der Waals surface area contributed by atoms with Crippen LogP contribution in [0.4, 0.5) is 0 Å². The fourth-order valence-electron chi connectivity index (χ4n) is 2.87. The summed E-state index contributed by atoms with van der Waals surface area (Å²) in [6, 6.07) is 13.7. The highest BCUT2D eigenvalue weighted by molar-refractivity contribution is 7.97. The number of benzene rings is 2. The zero-order chi connectivity index (χ0) is 17.6. The molecule has 2 N–H and O–H groups in total. The summed E-state index contributed by atoms with van der Waals surface area (Å²) in [5.41, 5.74) is 1.02. The van der Waals surface area contributed by atoms with E-state index in [0.717, 1.165) is 22.6 Å². The fraction of sp³-hybridized carbons (Fsp3) is 0.316. The number of fused-ring (bicyclic) bond motifs is 1. The van der Waals surface area contributed by atoms with Gasteiger partial charge in [-0.2, -0.15) is 0 Å². The van der Waals surface area contributed by atoms with Gasteiger partial charge in [0.2, 0.25) is 5.91 Å². The van der Waals surface area contributed by atoms with Crippen LogP contribution in [0.25, 0.3) is 10.8 Å². The molecule has 130 valence electrons. The van der Waals surface area contributed by atoms with Crippen LogP contribution in [0, 0.1) is 5.92 Å². The van der Waals surface area contributed by atoms with E-state index in [-0.39, 0.29) is 30.4 Å². The predicted octanol–water partition coefficient (Wildman–Crippen LogP) is 2.24. The molecule has 2 aromatic rings. The van der Waals surface area contributed by atoms with E-state index in [1.807, 2.05) is 36.4 Å². The first-order chi connectivity index (χ1) is 12.2. The van der Waals surface area contributed by atoms with Crippen LogP contribution in [0.5, 0.6) is 0 Å². The molecule has 1 amide bonds. The van der Waals surface area contributed by atoms with Gasteiger partial charge in [-0.25, -0.2) is 0 Å². The lowest BCUT2D eigenvalue weighted by Crippen LogP contribution is -2.36. The Hall–Kier alpha value is -2.18. The third kappa shape index (κ3) is 4.46. The first-order valence-electron chi connectivity index (χ1n) is 8.27. The normalized spacial score (nSPS) is 19.7. The van der Waals surface area contributed by atoms with Crippen molar-refractivity contribution in [1.82, 2.24) is 10.0 Å². The maximum absolute atomic E-state index is 12.1. The molecule has 3 rings (SSSR count). The number of carbonyl (C=O) groups is 3. The molecule has 0 bridgehead atoms. The number of amides is 1. The molecule has 0 aromatic heterocycles. The van der Waals surface area contributed by atoms with Gasteiger partial charge in [0.15, 0.2) is 5.78 Å². The molecule has 1 aliphatic heterocycles. The van der Waals surface area contributed by atoms with E-state index in [0.29, 0.717) is 12.3 Å². The Kier molecular flexibility index (Phi) is 5.83. The molecule has 5 nitrogen and oxygen atoms in total. The second-order valence-corrected chi connectivity index (χ2v) is 6.99. The Morgan fingerprint density at radius 3 is 2.76 bits per heavy atom. The summed E-state index contributed by atoms with van der Waals surface area (Å²) in [6.07, 6.45) is 1.10. The summed E-state index contributed by atoms with van der Waals surface area (Å²) in [4.78, 5) is 35.0. The van der Waals surface area contributed by atoms with Crippen molar-refractivity contribution in [2.24, 2.45) is 5.92 Å². The van der Waals surface area contributed by atoms with Crippen molar-refractivity contribution in [2.75, 3.05) is 5.75 Å². The highest BCUT2D eigenvalue weighted by atomic mass is 32.2. The molecule has 1 fully saturated rings. The van der Waals surface area contributed by atoms with Crippen LogP contribution in [0.3, 0.4) is 0 Å². The minimum Gasteiger partial charge on any atom is -0.352 e. The number of Topliss-reactive ketones (excluding diaryl/α,β-unsaturated/α-hetero) is 1. The minimum absolute atomic E-state index is 0.0806. The molecule has 0 radical (unpaired) electrons. The van der Waals surface area contributed by atoms with Crippen LogP contribution >= 0.6 is 11.9 Å². The monoisotopic (exact) mass is 356 g/mol. The number of carbonyl (C=O) groups excluding carboxylic acids is 3. The lowest BCUT2D eigenvalue weighted by molar-refractivity contribution is -0.127. The topological polar surface area (TPSA) is 75.3 Å². The standard InChI is InChI=1S/C19H20N2O3S/c22-11-16-12-25-21-19(16)17(23)7-8-18(24)20-10-13-5-6-14-3-1-2-4-15(14)9-13/h1-6,9,11,16,19,21H,7-8,10,12H2,(H,20,24)/t16-,19?/m1/s1. The summed E-state index contributed by atoms with van der Waals surface area (Å²) < 4.78 is 2.96. The molecule has 2 aromatic carbocycles. The lowest BCUT2D eigenvalue weighted by Gasteiger charge is -2.12. The third-order valence-corrected chi connectivity index (χ3v) is 5.31. The van der Waals surface area contributed by atoms with Crippen molar-refractivity contribution in [3.63, 3.8) is 0 Å². The van der Waals surface area contributed by atoms with Gasteiger partial charge >= 0.3 is 0 Å². The van der Waals surface area contributed by atoms with Gasteiger partial charge in [0, 0.05) is 31.1 Å². The Morgan fingerprint density at radius 1 is 1.16 bits per heavy atom. The smallest absolute Gasteiger partial charge is 0.220 e. The number of aldehydes is 1. The minimum atomic E-state index is -0.462. The van der Waals surface area contributed by atoms with Gasteiger partial charge in [0.25, 0.3) is 0 Å². The van der Waals surface area contributed by atoms with Crippen molar-refractivity contribution in [1.29, 1.82) is 0 Å². The first kappa shape index (κ1) is 17.6. The van der Waals surface area contributed by atoms with Crippen molar-refractivity contribution >= 4 is 40.7 Å². The average molecular weight is 356 g/mol. The molecule has 6 heteroatoms. The molecular formula is C19H20N2O3S. The third-order valence-electron chi connectivity index (χ3n) is 4.34. The maximum atomic E-state index is 12.1. The summed E-state index contributed by atoms with van der Waals surface area (Å²) in [5, 5.41) is 5.14. The average Bonchev–Trinajstić information content (AvgIpc) is 3.13. The van der Waals surface area contributed by atoms with Crippen LogP contribution in [0.15, 0.2) is 42.5 Å². The highest BCUT2D eigenvalue weighted by Crippen LogP contribution is 2.21. The summed E-state index contributed by atoms with van der Waals surface area (Å²) in [7, 11) is 0. The van der Waals surface area contributed by atoms with Crippen LogP contribution in [-0.4, -0.2) is 29.8 Å². The van der Waals surface area contributed by atoms with E-state index in [1.54, 1.807) is 0 Å². The summed E-state index contributed by atoms with van der Waals surface area (Å²) >= 11 is 1.38. The van der Waals surface area contributed by atoms with E-state index in [4.69, 9.17) is 0 Å². The largest absolute Gasteiger partial charge is 0.352 e. The number of rotatable bonds is 7. The quantitative estimate of drug-likeness (QED) is 0.588. The van der Waals surface area contributed by atoms with Crippen molar-refractivity contribution < 1.29 is 14.4 Å². The van der Waals surface area contributed by atoms with E-state index in [1.165, 1.54) is 11.9 Å². The zero-order valence-electron chi connectivity index (χ0n) is 13.7. The highest BCUT2D eigenvalue weighted by Gasteiger charge is 2.32. The van der Waals surface area contributed by atoms with Crippen LogP contribution in [0.2, 0.25) is 0 Å². The van der Waals surface area contributed by atoms with Crippen molar-refractivity contribution in [2.45, 2.75) is 25.4 Å². The number of nitrogens with one attached hydrogen (secondary N) is 2. The molecule has 1 heterocycles. The van der Waals surface area contributed by atoms with Gasteiger partial charge in [-0.15, -0.1) is 0 Å². The number of hydrogen-bond donors (Lipinski definition) is 2. The number of hydrogen-bond acceptors (Lipinski definition) is 5. The molecule has 2 atom stereocenters. The molecule has 0 spiro atoms. The van der Waals surface area contributed by atoms with Gasteiger partial charge < -0.3 is 10.1 Å². The molecule has 0 saturated carbocycles.